The molecule has 0 bridgehead atoms. The first-order valence-electron chi connectivity index (χ1n) is 4.75. The van der Waals surface area contributed by atoms with Crippen LogP contribution in [0.15, 0.2) is 12.2 Å². The molecule has 0 N–H and O–H groups in total. The first-order valence-corrected chi connectivity index (χ1v) is 4.75. The Hall–Kier alpha value is -1.32. The summed E-state index contributed by atoms with van der Waals surface area (Å²) in [5, 5.41) is 0. The Balaban J connectivity index is 4.56. The molecule has 4 heteroatoms. The Kier molecular flexibility index (Phi) is 4.52. The van der Waals surface area contributed by atoms with Gasteiger partial charge in [0.05, 0.1) is 0 Å². The Morgan fingerprint density at radius 2 is 1.93 bits per heavy atom. The molecule has 1 atom stereocenters. The lowest BCUT2D eigenvalue weighted by molar-refractivity contribution is -0.111. The summed E-state index contributed by atoms with van der Waals surface area (Å²) in [6, 6.07) is -0.625. The van der Waals surface area contributed by atoms with Gasteiger partial charge >= 0.3 is 6.09 Å². The molecule has 1 unspecified atom stereocenters. The van der Waals surface area contributed by atoms with Gasteiger partial charge in [-0.15, -0.1) is 0 Å². The Bertz CT molecular complexity index is 265. The number of ether oxygens (including phenoxy) is 1. The minimum absolute atomic E-state index is 0.525. The highest BCUT2D eigenvalue weighted by atomic mass is 16.6. The van der Waals surface area contributed by atoms with Gasteiger partial charge in [-0.05, 0) is 27.7 Å². The molecule has 0 aromatic rings. The van der Waals surface area contributed by atoms with Gasteiger partial charge in [-0.2, -0.15) is 0 Å². The van der Waals surface area contributed by atoms with Crippen LogP contribution in [0, 0.1) is 0 Å². The molecule has 1 amide bonds. The van der Waals surface area contributed by atoms with Gasteiger partial charge in [-0.25, -0.2) is 4.79 Å². The van der Waals surface area contributed by atoms with Crippen molar-refractivity contribution in [3.05, 3.63) is 12.2 Å². The first kappa shape index (κ1) is 13.7. The smallest absolute Gasteiger partial charge is 0.410 e. The van der Waals surface area contributed by atoms with Crippen LogP contribution < -0.4 is 0 Å². The molecule has 0 saturated carbocycles. The van der Waals surface area contributed by atoms with Gasteiger partial charge < -0.3 is 9.53 Å². The van der Waals surface area contributed by atoms with E-state index in [0.717, 1.165) is 0 Å². The van der Waals surface area contributed by atoms with Crippen LogP contribution in [0.4, 0.5) is 4.79 Å². The highest BCUT2D eigenvalue weighted by Crippen LogP contribution is 2.12. The molecule has 0 rings (SSSR count). The van der Waals surface area contributed by atoms with Crippen molar-refractivity contribution in [3.8, 4) is 0 Å². The van der Waals surface area contributed by atoms with Crippen LogP contribution in [0.3, 0.4) is 0 Å². The molecule has 0 saturated heterocycles. The maximum Gasteiger partial charge on any atom is 0.410 e. The molecule has 0 spiro atoms. The second-order valence-corrected chi connectivity index (χ2v) is 4.52. The lowest BCUT2D eigenvalue weighted by Crippen LogP contribution is -2.42. The summed E-state index contributed by atoms with van der Waals surface area (Å²) in [4.78, 5) is 23.6. The lowest BCUT2D eigenvalue weighted by Gasteiger charge is -2.28. The Labute approximate surface area is 90.9 Å². The highest BCUT2D eigenvalue weighted by molar-refractivity contribution is 5.75. The van der Waals surface area contributed by atoms with Crippen LogP contribution in [-0.2, 0) is 9.53 Å². The number of aldehydes is 1. The molecule has 0 aliphatic rings. The van der Waals surface area contributed by atoms with E-state index in [4.69, 9.17) is 4.74 Å². The first-order chi connectivity index (χ1) is 6.69. The minimum atomic E-state index is -0.625. The fraction of sp³-hybridized carbons (Fsp3) is 0.636. The number of hydrogen-bond acceptors (Lipinski definition) is 3. The molecule has 0 aromatic heterocycles. The van der Waals surface area contributed by atoms with Gasteiger partial charge in [-0.1, -0.05) is 12.2 Å². The van der Waals surface area contributed by atoms with Crippen molar-refractivity contribution in [1.82, 2.24) is 4.90 Å². The van der Waals surface area contributed by atoms with Crippen molar-refractivity contribution in [2.45, 2.75) is 39.3 Å². The summed E-state index contributed by atoms with van der Waals surface area (Å²) >= 11 is 0. The monoisotopic (exact) mass is 213 g/mol. The minimum Gasteiger partial charge on any atom is -0.444 e. The van der Waals surface area contributed by atoms with Gasteiger partial charge in [0.2, 0.25) is 0 Å². The molecular weight excluding hydrogens is 194 g/mol. The average Bonchev–Trinajstić information content (AvgIpc) is 2.01. The van der Waals surface area contributed by atoms with Crippen LogP contribution >= 0.6 is 0 Å². The summed E-state index contributed by atoms with van der Waals surface area (Å²) in [6.07, 6.45) is 0.147. The van der Waals surface area contributed by atoms with Gasteiger partial charge in [0.1, 0.15) is 17.9 Å². The molecule has 0 fully saturated rings. The predicted octanol–water partition coefficient (Wildman–Crippen LogP) is 2.00. The molecule has 0 aliphatic heterocycles. The van der Waals surface area contributed by atoms with Crippen LogP contribution in [0.1, 0.15) is 27.7 Å². The SMILES string of the molecule is C=C(C)C(C=O)N(C)C(=O)OC(C)(C)C. The molecule has 4 nitrogen and oxygen atoms in total. The summed E-state index contributed by atoms with van der Waals surface area (Å²) in [5.41, 5.74) is 0.0479. The average molecular weight is 213 g/mol. The van der Waals surface area contributed by atoms with E-state index in [0.29, 0.717) is 11.9 Å². The van der Waals surface area contributed by atoms with Crippen molar-refractivity contribution >= 4 is 12.4 Å². The molecule has 0 aliphatic carbocycles. The fourth-order valence-corrected chi connectivity index (χ4v) is 0.986. The zero-order chi connectivity index (χ0) is 12.2. The Morgan fingerprint density at radius 3 is 2.20 bits per heavy atom. The van der Waals surface area contributed by atoms with E-state index in [1.807, 2.05) is 0 Å². The third-order valence-electron chi connectivity index (χ3n) is 1.73. The largest absolute Gasteiger partial charge is 0.444 e. The molecule has 15 heavy (non-hydrogen) atoms. The quantitative estimate of drug-likeness (QED) is 0.532. The van der Waals surface area contributed by atoms with Crippen molar-refractivity contribution in [2.24, 2.45) is 0 Å². The maximum atomic E-state index is 11.6. The van der Waals surface area contributed by atoms with E-state index in [1.165, 1.54) is 11.9 Å². The van der Waals surface area contributed by atoms with Crippen LogP contribution in [0.5, 0.6) is 0 Å². The number of rotatable bonds is 3. The number of hydrogen-bond donors (Lipinski definition) is 0. The topological polar surface area (TPSA) is 46.6 Å². The molecular formula is C11H19NO3. The van der Waals surface area contributed by atoms with E-state index in [9.17, 15) is 9.59 Å². The number of carbonyl (C=O) groups is 2. The third-order valence-corrected chi connectivity index (χ3v) is 1.73. The van der Waals surface area contributed by atoms with Crippen molar-refractivity contribution in [3.63, 3.8) is 0 Å². The highest BCUT2D eigenvalue weighted by Gasteiger charge is 2.25. The van der Waals surface area contributed by atoms with Gasteiger partial charge in [0.25, 0.3) is 0 Å². The van der Waals surface area contributed by atoms with Gasteiger partial charge in [-0.3, -0.25) is 4.90 Å². The maximum absolute atomic E-state index is 11.6. The Morgan fingerprint density at radius 1 is 1.47 bits per heavy atom. The van der Waals surface area contributed by atoms with E-state index in [1.54, 1.807) is 27.7 Å². The van der Waals surface area contributed by atoms with Gasteiger partial charge in [0, 0.05) is 7.05 Å². The van der Waals surface area contributed by atoms with Crippen LogP contribution in [-0.4, -0.2) is 36.0 Å². The number of carbonyl (C=O) groups excluding carboxylic acids is 2. The number of nitrogens with zero attached hydrogens (tertiary/aromatic N) is 1. The zero-order valence-corrected chi connectivity index (χ0v) is 10.0. The summed E-state index contributed by atoms with van der Waals surface area (Å²) in [7, 11) is 1.52. The van der Waals surface area contributed by atoms with Crippen molar-refractivity contribution < 1.29 is 14.3 Å². The second-order valence-electron chi connectivity index (χ2n) is 4.52. The second kappa shape index (κ2) is 4.96. The third kappa shape index (κ3) is 4.63. The summed E-state index contributed by atoms with van der Waals surface area (Å²) < 4.78 is 5.12. The summed E-state index contributed by atoms with van der Waals surface area (Å²) in [5.74, 6) is 0. The van der Waals surface area contributed by atoms with E-state index < -0.39 is 17.7 Å². The summed E-state index contributed by atoms with van der Waals surface area (Å²) in [6.45, 7) is 10.7. The van der Waals surface area contributed by atoms with Crippen LogP contribution in [0.2, 0.25) is 0 Å². The number of amides is 1. The lowest BCUT2D eigenvalue weighted by atomic mass is 10.1. The molecule has 0 radical (unpaired) electrons. The van der Waals surface area contributed by atoms with E-state index in [2.05, 4.69) is 6.58 Å². The predicted molar refractivity (Wildman–Crippen MR) is 58.7 cm³/mol. The van der Waals surface area contributed by atoms with E-state index in [-0.39, 0.29) is 0 Å². The van der Waals surface area contributed by atoms with Crippen molar-refractivity contribution in [1.29, 1.82) is 0 Å². The fourth-order valence-electron chi connectivity index (χ4n) is 0.986. The normalized spacial score (nSPS) is 12.9. The molecule has 0 aromatic carbocycles. The van der Waals surface area contributed by atoms with Gasteiger partial charge in [0.15, 0.2) is 0 Å². The standard InChI is InChI=1S/C11H19NO3/c1-8(2)9(7-13)12(6)10(14)15-11(3,4)5/h7,9H,1H2,2-6H3. The van der Waals surface area contributed by atoms with Crippen LogP contribution in [0.25, 0.3) is 0 Å². The molecule has 0 heterocycles. The molecule has 86 valence electrons. The van der Waals surface area contributed by atoms with Crippen molar-refractivity contribution in [2.75, 3.05) is 7.05 Å². The zero-order valence-electron chi connectivity index (χ0n) is 10.0. The number of likely N-dealkylation sites (N-methyl/N-ethyl adjacent to an activating group) is 1. The van der Waals surface area contributed by atoms with E-state index >= 15 is 0 Å².